The van der Waals surface area contributed by atoms with Gasteiger partial charge in [0.25, 0.3) is 0 Å². The summed E-state index contributed by atoms with van der Waals surface area (Å²) in [6.45, 7) is 0. The monoisotopic (exact) mass is 500 g/mol. The highest BCUT2D eigenvalue weighted by Gasteiger charge is 2.20. The molecule has 2 heterocycles. The third kappa shape index (κ3) is 3.52. The van der Waals surface area contributed by atoms with Crippen molar-refractivity contribution in [2.24, 2.45) is 0 Å². The van der Waals surface area contributed by atoms with Gasteiger partial charge >= 0.3 is 0 Å². The van der Waals surface area contributed by atoms with Crippen molar-refractivity contribution in [3.63, 3.8) is 0 Å². The molecule has 6 aromatic carbocycles. The summed E-state index contributed by atoms with van der Waals surface area (Å²) in [4.78, 5) is 5.87. The predicted octanol–water partition coefficient (Wildman–Crippen LogP) is 10.4. The van der Waals surface area contributed by atoms with Crippen LogP contribution in [0.25, 0.3) is 54.9 Å². The molecule has 0 spiro atoms. The van der Waals surface area contributed by atoms with Gasteiger partial charge in [-0.2, -0.15) is 0 Å². The molecule has 39 heavy (non-hydrogen) atoms. The quantitative estimate of drug-likeness (QED) is 0.261. The van der Waals surface area contributed by atoms with Gasteiger partial charge < -0.3 is 14.3 Å². The highest BCUT2D eigenvalue weighted by molar-refractivity contribution is 6.12. The van der Waals surface area contributed by atoms with Gasteiger partial charge in [-0.25, -0.2) is 0 Å². The smallest absolute Gasteiger partial charge is 0.159 e. The molecule has 0 fully saturated rings. The normalized spacial score (nSPS) is 11.6. The molecule has 184 valence electrons. The third-order valence-corrected chi connectivity index (χ3v) is 7.60. The van der Waals surface area contributed by atoms with Crippen LogP contribution in [0.1, 0.15) is 0 Å². The number of benzene rings is 6. The molecular formula is C36H24N2O. The molecule has 0 aliphatic heterocycles. The van der Waals surface area contributed by atoms with Gasteiger partial charge in [-0.3, -0.25) is 0 Å². The Morgan fingerprint density at radius 2 is 1.13 bits per heavy atom. The van der Waals surface area contributed by atoms with E-state index in [2.05, 4.69) is 137 Å². The first kappa shape index (κ1) is 21.8. The molecular weight excluding hydrogens is 476 g/mol. The second kappa shape index (κ2) is 8.64. The van der Waals surface area contributed by atoms with Crippen molar-refractivity contribution >= 4 is 60.8 Å². The van der Waals surface area contributed by atoms with Crippen LogP contribution in [0.15, 0.2) is 144 Å². The fraction of sp³-hybridized carbons (Fsp3) is 0. The summed E-state index contributed by atoms with van der Waals surface area (Å²) in [5, 5.41) is 4.66. The SMILES string of the molecule is c1ccc(-c2ccc(N(c3ccc4[nH]c5ccccc5c4c3)c3cccc4c3oc3ccccc34)cc2)cc1. The molecule has 0 aliphatic rings. The molecule has 3 heteroatoms. The van der Waals surface area contributed by atoms with E-state index in [4.69, 9.17) is 4.42 Å². The Kier molecular flexibility index (Phi) is 4.82. The molecule has 0 saturated heterocycles. The number of H-pyrrole nitrogens is 1. The van der Waals surface area contributed by atoms with Crippen LogP contribution in [-0.2, 0) is 0 Å². The van der Waals surface area contributed by atoms with Crippen LogP contribution in [0.2, 0.25) is 0 Å². The second-order valence-corrected chi connectivity index (χ2v) is 9.90. The fourth-order valence-electron chi connectivity index (χ4n) is 5.74. The highest BCUT2D eigenvalue weighted by Crippen LogP contribution is 2.43. The van der Waals surface area contributed by atoms with E-state index < -0.39 is 0 Å². The Labute approximate surface area is 225 Å². The van der Waals surface area contributed by atoms with Gasteiger partial charge in [0.1, 0.15) is 5.58 Å². The van der Waals surface area contributed by atoms with Gasteiger partial charge in [0.05, 0.1) is 5.69 Å². The molecule has 0 amide bonds. The van der Waals surface area contributed by atoms with Crippen LogP contribution in [0, 0.1) is 0 Å². The van der Waals surface area contributed by atoms with Crippen molar-refractivity contribution in [2.75, 3.05) is 4.90 Å². The number of rotatable bonds is 4. The lowest BCUT2D eigenvalue weighted by atomic mass is 10.0. The van der Waals surface area contributed by atoms with Crippen molar-refractivity contribution in [3.05, 3.63) is 140 Å². The number of aromatic nitrogens is 1. The third-order valence-electron chi connectivity index (χ3n) is 7.60. The van der Waals surface area contributed by atoms with Crippen molar-refractivity contribution in [1.29, 1.82) is 0 Å². The van der Waals surface area contributed by atoms with Crippen LogP contribution in [0.5, 0.6) is 0 Å². The van der Waals surface area contributed by atoms with Crippen molar-refractivity contribution < 1.29 is 4.42 Å². The van der Waals surface area contributed by atoms with Crippen LogP contribution in [0.3, 0.4) is 0 Å². The van der Waals surface area contributed by atoms with Crippen LogP contribution >= 0.6 is 0 Å². The van der Waals surface area contributed by atoms with E-state index in [1.54, 1.807) is 0 Å². The Morgan fingerprint density at radius 1 is 0.462 bits per heavy atom. The number of hydrogen-bond acceptors (Lipinski definition) is 2. The maximum atomic E-state index is 6.50. The van der Waals surface area contributed by atoms with Crippen LogP contribution < -0.4 is 4.90 Å². The van der Waals surface area contributed by atoms with E-state index >= 15 is 0 Å². The predicted molar refractivity (Wildman–Crippen MR) is 163 cm³/mol. The molecule has 0 atom stereocenters. The molecule has 8 rings (SSSR count). The number of fused-ring (bicyclic) bond motifs is 6. The number of para-hydroxylation sites is 3. The van der Waals surface area contributed by atoms with Gasteiger partial charge in [0.2, 0.25) is 0 Å². The second-order valence-electron chi connectivity index (χ2n) is 9.90. The standard InChI is InChI=1S/C36H24N2O/c1-2-9-24(10-3-1)25-17-19-26(20-18-25)38(27-21-22-33-31(23-27)28-11-4-6-14-32(28)37-33)34-15-8-13-30-29-12-5-7-16-35(29)39-36(30)34/h1-23,37H. The van der Waals surface area contributed by atoms with E-state index in [0.717, 1.165) is 50.0 Å². The molecule has 3 nitrogen and oxygen atoms in total. The van der Waals surface area contributed by atoms with Gasteiger partial charge in [0.15, 0.2) is 5.58 Å². The maximum Gasteiger partial charge on any atom is 0.159 e. The fourth-order valence-corrected chi connectivity index (χ4v) is 5.74. The van der Waals surface area contributed by atoms with Crippen molar-refractivity contribution in [3.8, 4) is 11.1 Å². The molecule has 0 radical (unpaired) electrons. The van der Waals surface area contributed by atoms with E-state index in [0.29, 0.717) is 0 Å². The van der Waals surface area contributed by atoms with Crippen LogP contribution in [0.4, 0.5) is 17.1 Å². The Morgan fingerprint density at radius 3 is 2.00 bits per heavy atom. The first-order valence-corrected chi connectivity index (χ1v) is 13.2. The molecule has 8 aromatic rings. The molecule has 0 unspecified atom stereocenters. The lowest BCUT2D eigenvalue weighted by molar-refractivity contribution is 0.669. The molecule has 0 bridgehead atoms. The molecule has 0 aliphatic carbocycles. The van der Waals surface area contributed by atoms with E-state index in [-0.39, 0.29) is 0 Å². The van der Waals surface area contributed by atoms with Crippen LogP contribution in [-0.4, -0.2) is 4.98 Å². The summed E-state index contributed by atoms with van der Waals surface area (Å²) in [6.07, 6.45) is 0. The number of hydrogen-bond donors (Lipinski definition) is 1. The molecule has 1 N–H and O–H groups in total. The maximum absolute atomic E-state index is 6.50. The highest BCUT2D eigenvalue weighted by atomic mass is 16.3. The van der Waals surface area contributed by atoms with E-state index in [1.165, 1.54) is 21.9 Å². The first-order valence-electron chi connectivity index (χ1n) is 13.2. The summed E-state index contributed by atoms with van der Waals surface area (Å²) in [6, 6.07) is 49.1. The Balaban J connectivity index is 1.37. The van der Waals surface area contributed by atoms with E-state index in [9.17, 15) is 0 Å². The largest absolute Gasteiger partial charge is 0.454 e. The van der Waals surface area contributed by atoms with Gasteiger partial charge in [-0.15, -0.1) is 0 Å². The number of nitrogens with one attached hydrogen (secondary N) is 1. The number of furan rings is 1. The van der Waals surface area contributed by atoms with Crippen molar-refractivity contribution in [2.45, 2.75) is 0 Å². The minimum absolute atomic E-state index is 0.879. The lowest BCUT2D eigenvalue weighted by Crippen LogP contribution is -2.10. The van der Waals surface area contributed by atoms with E-state index in [1.807, 2.05) is 12.1 Å². The average molecular weight is 501 g/mol. The summed E-state index contributed by atoms with van der Waals surface area (Å²) in [5.74, 6) is 0. The average Bonchev–Trinajstić information content (AvgIpc) is 3.57. The minimum atomic E-state index is 0.879. The molecule has 2 aromatic heterocycles. The summed E-state index contributed by atoms with van der Waals surface area (Å²) in [7, 11) is 0. The number of aromatic amines is 1. The zero-order valence-corrected chi connectivity index (χ0v) is 21.1. The van der Waals surface area contributed by atoms with Gasteiger partial charge in [-0.05, 0) is 59.7 Å². The summed E-state index contributed by atoms with van der Waals surface area (Å²) in [5.41, 5.74) is 9.59. The zero-order valence-electron chi connectivity index (χ0n) is 21.1. The topological polar surface area (TPSA) is 32.2 Å². The van der Waals surface area contributed by atoms with Crippen molar-refractivity contribution in [1.82, 2.24) is 4.98 Å². The first-order chi connectivity index (χ1) is 19.3. The Hall–Kier alpha value is -5.28. The summed E-state index contributed by atoms with van der Waals surface area (Å²) < 4.78 is 6.50. The summed E-state index contributed by atoms with van der Waals surface area (Å²) >= 11 is 0. The number of anilines is 3. The lowest BCUT2D eigenvalue weighted by Gasteiger charge is -2.26. The van der Waals surface area contributed by atoms with Gasteiger partial charge in [0, 0.05) is 44.0 Å². The zero-order chi connectivity index (χ0) is 25.8. The molecule has 0 saturated carbocycles. The van der Waals surface area contributed by atoms with Gasteiger partial charge in [-0.1, -0.05) is 91.0 Å². The Bertz CT molecular complexity index is 2120. The number of nitrogens with zero attached hydrogens (tertiary/aromatic N) is 1. The minimum Gasteiger partial charge on any atom is -0.454 e.